The Morgan fingerprint density at radius 3 is 1.88 bits per heavy atom. The van der Waals surface area contributed by atoms with Crippen LogP contribution in [0.15, 0.2) is 156 Å². The fraction of sp³-hybridized carbons (Fsp3) is 0.276. The number of benzene rings is 7. The van der Waals surface area contributed by atoms with E-state index in [2.05, 4.69) is 157 Å². The van der Waals surface area contributed by atoms with E-state index in [9.17, 15) is 0 Å². The van der Waals surface area contributed by atoms with Crippen LogP contribution in [0.25, 0.3) is 55.3 Å². The molecule has 4 bridgehead atoms. The van der Waals surface area contributed by atoms with E-state index in [4.69, 9.17) is 4.42 Å². The highest BCUT2D eigenvalue weighted by Crippen LogP contribution is 2.68. The van der Waals surface area contributed by atoms with Crippen molar-refractivity contribution in [3.8, 4) is 33.4 Å². The second-order valence-electron chi connectivity index (χ2n) is 19.5. The lowest BCUT2D eigenvalue weighted by Gasteiger charge is -2.53. The van der Waals surface area contributed by atoms with Crippen LogP contribution in [0, 0.1) is 23.7 Å². The van der Waals surface area contributed by atoms with Crippen LogP contribution in [0.2, 0.25) is 0 Å². The first-order chi connectivity index (χ1) is 29.7. The van der Waals surface area contributed by atoms with Gasteiger partial charge in [-0.1, -0.05) is 128 Å². The third-order valence-electron chi connectivity index (χ3n) is 16.9. The van der Waals surface area contributed by atoms with E-state index in [1.54, 1.807) is 11.1 Å². The minimum absolute atomic E-state index is 0.146. The molecule has 7 aromatic carbocycles. The first-order valence-corrected chi connectivity index (χ1v) is 23.0. The van der Waals surface area contributed by atoms with Gasteiger partial charge < -0.3 is 9.32 Å². The van der Waals surface area contributed by atoms with E-state index in [0.29, 0.717) is 0 Å². The average molecular weight is 776 g/mol. The highest BCUT2D eigenvalue weighted by atomic mass is 16.3. The van der Waals surface area contributed by atoms with Gasteiger partial charge in [-0.15, -0.1) is 0 Å². The van der Waals surface area contributed by atoms with Gasteiger partial charge in [-0.2, -0.15) is 0 Å². The minimum atomic E-state index is 0.146. The lowest BCUT2D eigenvalue weighted by atomic mass is 9.51. The van der Waals surface area contributed by atoms with E-state index in [-0.39, 0.29) is 10.8 Å². The summed E-state index contributed by atoms with van der Waals surface area (Å²) < 4.78 is 6.52. The smallest absolute Gasteiger partial charge is 0.143 e. The van der Waals surface area contributed by atoms with Crippen molar-refractivity contribution in [3.63, 3.8) is 0 Å². The van der Waals surface area contributed by atoms with E-state index in [1.807, 2.05) is 0 Å². The minimum Gasteiger partial charge on any atom is -0.455 e. The molecule has 5 saturated carbocycles. The lowest BCUT2D eigenvalue weighted by molar-refractivity contribution is 0.0618. The van der Waals surface area contributed by atoms with E-state index in [0.717, 1.165) is 46.0 Å². The summed E-state index contributed by atoms with van der Waals surface area (Å²) in [6.45, 7) is 0. The maximum atomic E-state index is 6.52. The Labute approximate surface area is 352 Å². The fourth-order valence-corrected chi connectivity index (χ4v) is 14.7. The van der Waals surface area contributed by atoms with Gasteiger partial charge in [-0.25, -0.2) is 0 Å². The highest BCUT2D eigenvalue weighted by Gasteiger charge is 2.59. The van der Waals surface area contributed by atoms with Crippen molar-refractivity contribution < 1.29 is 4.42 Å². The summed E-state index contributed by atoms with van der Waals surface area (Å²) in [6.07, 6.45) is 13.6. The molecule has 7 aliphatic carbocycles. The zero-order valence-electron chi connectivity index (χ0n) is 34.2. The molecule has 0 radical (unpaired) electrons. The maximum Gasteiger partial charge on any atom is 0.143 e. The maximum absolute atomic E-state index is 6.52. The molecule has 5 atom stereocenters. The molecule has 0 aliphatic heterocycles. The van der Waals surface area contributed by atoms with Crippen molar-refractivity contribution in [1.29, 1.82) is 0 Å². The first kappa shape index (κ1) is 33.9. The molecule has 292 valence electrons. The molecule has 0 N–H and O–H groups in total. The lowest BCUT2D eigenvalue weighted by Crippen LogP contribution is -2.48. The van der Waals surface area contributed by atoms with Crippen LogP contribution < -0.4 is 4.90 Å². The number of hydrogen-bond acceptors (Lipinski definition) is 2. The normalized spacial score (nSPS) is 24.9. The molecule has 2 spiro atoms. The van der Waals surface area contributed by atoms with Crippen LogP contribution in [0.3, 0.4) is 0 Å². The second-order valence-corrected chi connectivity index (χ2v) is 19.5. The van der Waals surface area contributed by atoms with Gasteiger partial charge in [0.1, 0.15) is 11.2 Å². The molecule has 1 aromatic heterocycles. The predicted octanol–water partition coefficient (Wildman–Crippen LogP) is 15.7. The van der Waals surface area contributed by atoms with Gasteiger partial charge in [0.05, 0.1) is 0 Å². The first-order valence-electron chi connectivity index (χ1n) is 23.0. The van der Waals surface area contributed by atoms with Crippen LogP contribution >= 0.6 is 0 Å². The van der Waals surface area contributed by atoms with Crippen molar-refractivity contribution >= 4 is 39.0 Å². The van der Waals surface area contributed by atoms with E-state index >= 15 is 0 Å². The Morgan fingerprint density at radius 2 is 1.05 bits per heavy atom. The van der Waals surface area contributed by atoms with Crippen molar-refractivity contribution in [2.45, 2.75) is 75.0 Å². The van der Waals surface area contributed by atoms with Crippen LogP contribution in [-0.4, -0.2) is 0 Å². The van der Waals surface area contributed by atoms with Crippen molar-refractivity contribution in [2.75, 3.05) is 4.90 Å². The summed E-state index contributed by atoms with van der Waals surface area (Å²) in [4.78, 5) is 2.55. The number of nitrogens with zero attached hydrogens (tertiary/aromatic N) is 1. The van der Waals surface area contributed by atoms with Crippen molar-refractivity contribution in [1.82, 2.24) is 0 Å². The zero-order chi connectivity index (χ0) is 39.2. The Hall–Kier alpha value is -5.86. The van der Waals surface area contributed by atoms with Crippen LogP contribution in [0.5, 0.6) is 0 Å². The summed E-state index contributed by atoms with van der Waals surface area (Å²) in [5, 5.41) is 2.33. The average Bonchev–Trinajstić information content (AvgIpc) is 4.03. The Morgan fingerprint density at radius 1 is 0.450 bits per heavy atom. The van der Waals surface area contributed by atoms with Gasteiger partial charge in [0.2, 0.25) is 0 Å². The molecular formula is C58H49NO. The van der Waals surface area contributed by atoms with Crippen molar-refractivity contribution in [2.24, 2.45) is 23.7 Å². The van der Waals surface area contributed by atoms with Crippen LogP contribution in [-0.2, 0) is 10.8 Å². The number of para-hydroxylation sites is 2. The van der Waals surface area contributed by atoms with Gasteiger partial charge >= 0.3 is 0 Å². The molecule has 15 rings (SSSR count). The van der Waals surface area contributed by atoms with Gasteiger partial charge in [-0.05, 0) is 161 Å². The monoisotopic (exact) mass is 775 g/mol. The SMILES string of the molecule is c1ccc2c(c1)-c1cc(N(c3ccc(-c4cccc5c4oc4ccccc45)cc3)c3ccc4c(c3)-c3ccccc3C43C4CCC5CC3C[C@@H](C5)C4)ccc1C21CCCC1. The van der Waals surface area contributed by atoms with E-state index < -0.39 is 0 Å². The predicted molar refractivity (Wildman–Crippen MR) is 246 cm³/mol. The van der Waals surface area contributed by atoms with Crippen LogP contribution in [0.1, 0.15) is 86.5 Å². The number of furan rings is 1. The van der Waals surface area contributed by atoms with Gasteiger partial charge in [-0.3, -0.25) is 0 Å². The Bertz CT molecular complexity index is 3040. The molecule has 0 amide bonds. The summed E-state index contributed by atoms with van der Waals surface area (Å²) in [6, 6.07) is 58.2. The molecule has 0 saturated heterocycles. The highest BCUT2D eigenvalue weighted by molar-refractivity contribution is 6.09. The molecule has 4 unspecified atom stereocenters. The molecular weight excluding hydrogens is 727 g/mol. The summed E-state index contributed by atoms with van der Waals surface area (Å²) in [5.41, 5.74) is 20.2. The summed E-state index contributed by atoms with van der Waals surface area (Å²) in [5.74, 6) is 3.32. The zero-order valence-corrected chi connectivity index (χ0v) is 34.2. The third-order valence-corrected chi connectivity index (χ3v) is 16.9. The van der Waals surface area contributed by atoms with Crippen LogP contribution in [0.4, 0.5) is 17.1 Å². The molecule has 5 fully saturated rings. The fourth-order valence-electron chi connectivity index (χ4n) is 14.7. The number of anilines is 3. The largest absolute Gasteiger partial charge is 0.455 e. The number of fused-ring (bicyclic) bond motifs is 12. The molecule has 7 aliphatic rings. The quantitative estimate of drug-likeness (QED) is 0.177. The Kier molecular flexibility index (Phi) is 6.98. The van der Waals surface area contributed by atoms with Gasteiger partial charge in [0, 0.05) is 44.2 Å². The Balaban J connectivity index is 0.948. The van der Waals surface area contributed by atoms with Crippen molar-refractivity contribution in [3.05, 3.63) is 174 Å². The number of rotatable bonds is 4. The molecule has 1 heterocycles. The molecule has 60 heavy (non-hydrogen) atoms. The van der Waals surface area contributed by atoms with E-state index in [1.165, 1.54) is 125 Å². The molecule has 2 heteroatoms. The summed E-state index contributed by atoms with van der Waals surface area (Å²) >= 11 is 0. The molecule has 2 nitrogen and oxygen atoms in total. The standard InChI is InChI=1S/C58H49NO/c1-4-15-51-45(10-1)49-34-42(24-26-52(49)57(51)28-7-8-29-57)59(41-22-19-38(20-23-41)44-13-9-14-48-47-12-3-6-17-55(47)60-56(44)48)43-25-27-54-50(35-43)46-11-2-5-16-53(46)58(54)39-21-18-36-30-37(32-39)33-40(58)31-36/h1-6,9-17,19-20,22-27,34-37,39-40H,7-8,18,21,28-33H2/t36?,37-,39?,40?,58?/m0/s1. The third kappa shape index (κ3) is 4.45. The van der Waals surface area contributed by atoms with Gasteiger partial charge in [0.25, 0.3) is 0 Å². The van der Waals surface area contributed by atoms with Gasteiger partial charge in [0.15, 0.2) is 0 Å². The summed E-state index contributed by atoms with van der Waals surface area (Å²) in [7, 11) is 0. The molecule has 8 aromatic rings. The topological polar surface area (TPSA) is 16.4 Å². The number of hydrogen-bond donors (Lipinski definition) is 0. The second kappa shape index (κ2) is 12.4.